The predicted molar refractivity (Wildman–Crippen MR) is 75.1 cm³/mol. The summed E-state index contributed by atoms with van der Waals surface area (Å²) in [6.07, 6.45) is 0. The number of anilines is 1. The van der Waals surface area contributed by atoms with Crippen LogP contribution in [0.2, 0.25) is 0 Å². The minimum Gasteiger partial charge on any atom is -0.394 e. The van der Waals surface area contributed by atoms with Gasteiger partial charge in [0.1, 0.15) is 0 Å². The van der Waals surface area contributed by atoms with Crippen LogP contribution in [0.5, 0.6) is 0 Å². The Morgan fingerprint density at radius 1 is 1.41 bits per heavy atom. The highest BCUT2D eigenvalue weighted by atomic mass is 32.2. The zero-order chi connectivity index (χ0) is 12.6. The van der Waals surface area contributed by atoms with Crippen LogP contribution in [0.4, 0.5) is 5.69 Å². The van der Waals surface area contributed by atoms with Crippen molar-refractivity contribution in [3.63, 3.8) is 0 Å². The molecule has 0 saturated heterocycles. The van der Waals surface area contributed by atoms with Crippen molar-refractivity contribution in [2.45, 2.75) is 37.1 Å². The Balaban J connectivity index is 2.36. The van der Waals surface area contributed by atoms with E-state index in [1.807, 2.05) is 11.8 Å². The molecule has 94 valence electrons. The van der Waals surface area contributed by atoms with Gasteiger partial charge in [0.15, 0.2) is 0 Å². The molecule has 0 fully saturated rings. The molecule has 2 nitrogen and oxygen atoms in total. The van der Waals surface area contributed by atoms with Gasteiger partial charge in [-0.2, -0.15) is 0 Å². The van der Waals surface area contributed by atoms with Crippen molar-refractivity contribution in [3.05, 3.63) is 23.8 Å². The molecule has 2 rings (SSSR count). The average molecular weight is 251 g/mol. The summed E-state index contributed by atoms with van der Waals surface area (Å²) in [5, 5.41) is 9.32. The van der Waals surface area contributed by atoms with Crippen LogP contribution in [0.25, 0.3) is 0 Å². The molecule has 1 aliphatic rings. The van der Waals surface area contributed by atoms with Crippen molar-refractivity contribution in [2.75, 3.05) is 24.3 Å². The van der Waals surface area contributed by atoms with Crippen LogP contribution in [0.15, 0.2) is 23.1 Å². The Labute approximate surface area is 108 Å². The number of likely N-dealkylation sites (N-methyl/N-ethyl adjacent to an activating group) is 1. The number of aliphatic hydroxyl groups is 1. The van der Waals surface area contributed by atoms with Gasteiger partial charge in [0.25, 0.3) is 0 Å². The maximum atomic E-state index is 9.32. The lowest BCUT2D eigenvalue weighted by atomic mass is 9.87. The molecule has 1 heterocycles. The first-order valence-corrected chi connectivity index (χ1v) is 7.03. The van der Waals surface area contributed by atoms with Gasteiger partial charge in [0, 0.05) is 17.7 Å². The van der Waals surface area contributed by atoms with Gasteiger partial charge in [-0.25, -0.2) is 0 Å². The van der Waals surface area contributed by atoms with E-state index in [4.69, 9.17) is 0 Å². The van der Waals surface area contributed by atoms with Crippen LogP contribution in [0.3, 0.4) is 0 Å². The molecule has 0 bridgehead atoms. The smallest absolute Gasteiger partial charge is 0.0643 e. The number of nitrogens with zero attached hydrogens (tertiary/aromatic N) is 1. The van der Waals surface area contributed by atoms with Crippen LogP contribution < -0.4 is 4.90 Å². The molecule has 1 aromatic carbocycles. The van der Waals surface area contributed by atoms with E-state index in [9.17, 15) is 5.11 Å². The molecule has 0 aromatic heterocycles. The fraction of sp³-hybridized carbons (Fsp3) is 0.571. The molecular formula is C14H21NOS. The van der Waals surface area contributed by atoms with Gasteiger partial charge in [-0.05, 0) is 23.1 Å². The number of hydrogen-bond acceptors (Lipinski definition) is 3. The van der Waals surface area contributed by atoms with Crippen LogP contribution in [0.1, 0.15) is 26.3 Å². The van der Waals surface area contributed by atoms with E-state index in [-0.39, 0.29) is 18.1 Å². The molecule has 1 atom stereocenters. The minimum absolute atomic E-state index is 0.196. The lowest BCUT2D eigenvalue weighted by molar-refractivity contribution is 0.271. The first kappa shape index (κ1) is 12.8. The van der Waals surface area contributed by atoms with Gasteiger partial charge in [-0.3, -0.25) is 0 Å². The summed E-state index contributed by atoms with van der Waals surface area (Å²) >= 11 is 1.85. The van der Waals surface area contributed by atoms with Gasteiger partial charge < -0.3 is 10.0 Å². The Bertz CT molecular complexity index is 411. The molecule has 1 unspecified atom stereocenters. The van der Waals surface area contributed by atoms with Gasteiger partial charge in [-0.15, -0.1) is 11.8 Å². The third-order valence-electron chi connectivity index (χ3n) is 3.40. The number of thioether (sulfide) groups is 1. The van der Waals surface area contributed by atoms with Crippen LogP contribution in [-0.2, 0) is 5.41 Å². The maximum absolute atomic E-state index is 9.32. The molecule has 0 aliphatic carbocycles. The SMILES string of the molecule is CN1c2ccc(C(C)(C)C)cc2SCC1CO. The van der Waals surface area contributed by atoms with Gasteiger partial charge >= 0.3 is 0 Å². The third kappa shape index (κ3) is 2.45. The summed E-state index contributed by atoms with van der Waals surface area (Å²) in [4.78, 5) is 3.53. The number of aliphatic hydroxyl groups excluding tert-OH is 1. The highest BCUT2D eigenvalue weighted by Gasteiger charge is 2.24. The van der Waals surface area contributed by atoms with Crippen LogP contribution in [-0.4, -0.2) is 30.6 Å². The summed E-state index contributed by atoms with van der Waals surface area (Å²) in [5.74, 6) is 0.966. The van der Waals surface area contributed by atoms with Gasteiger partial charge in [-0.1, -0.05) is 26.8 Å². The monoisotopic (exact) mass is 251 g/mol. The zero-order valence-corrected chi connectivity index (χ0v) is 11.8. The second kappa shape index (κ2) is 4.54. The van der Waals surface area contributed by atoms with Crippen LogP contribution in [0, 0.1) is 0 Å². The van der Waals surface area contributed by atoms with Gasteiger partial charge in [0.05, 0.1) is 18.3 Å². The highest BCUT2D eigenvalue weighted by Crippen LogP contribution is 2.39. The maximum Gasteiger partial charge on any atom is 0.0643 e. The van der Waals surface area contributed by atoms with Gasteiger partial charge in [0.2, 0.25) is 0 Å². The Kier molecular flexibility index (Phi) is 3.41. The number of fused-ring (bicyclic) bond motifs is 1. The molecule has 3 heteroatoms. The minimum atomic E-state index is 0.196. The third-order valence-corrected chi connectivity index (χ3v) is 4.58. The first-order valence-electron chi connectivity index (χ1n) is 6.04. The molecule has 17 heavy (non-hydrogen) atoms. The van der Waals surface area contributed by atoms with Crippen molar-refractivity contribution < 1.29 is 5.11 Å². The number of benzene rings is 1. The van der Waals surface area contributed by atoms with Crippen molar-refractivity contribution in [1.29, 1.82) is 0 Å². The van der Waals surface area contributed by atoms with Crippen molar-refractivity contribution in [1.82, 2.24) is 0 Å². The predicted octanol–water partition coefficient (Wildman–Crippen LogP) is 2.89. The zero-order valence-electron chi connectivity index (χ0n) is 11.0. The van der Waals surface area contributed by atoms with Crippen molar-refractivity contribution in [3.8, 4) is 0 Å². The number of rotatable bonds is 1. The highest BCUT2D eigenvalue weighted by molar-refractivity contribution is 7.99. The molecule has 0 spiro atoms. The molecular weight excluding hydrogens is 230 g/mol. The van der Waals surface area contributed by atoms with E-state index in [1.165, 1.54) is 16.1 Å². The van der Waals surface area contributed by atoms with E-state index in [2.05, 4.69) is 50.9 Å². The van der Waals surface area contributed by atoms with Crippen LogP contribution >= 0.6 is 11.8 Å². The van der Waals surface area contributed by atoms with E-state index < -0.39 is 0 Å². The summed E-state index contributed by atoms with van der Waals surface area (Å²) in [6.45, 7) is 6.94. The van der Waals surface area contributed by atoms with Crippen molar-refractivity contribution in [2.24, 2.45) is 0 Å². The summed E-state index contributed by atoms with van der Waals surface area (Å²) in [5.41, 5.74) is 2.81. The average Bonchev–Trinajstić information content (AvgIpc) is 2.28. The fourth-order valence-electron chi connectivity index (χ4n) is 2.06. The summed E-state index contributed by atoms with van der Waals surface area (Å²) < 4.78 is 0. The van der Waals surface area contributed by atoms with E-state index in [0.717, 1.165) is 5.75 Å². The quantitative estimate of drug-likeness (QED) is 0.830. The normalized spacial score (nSPS) is 20.3. The second-order valence-corrected chi connectivity index (χ2v) is 6.75. The Hall–Kier alpha value is -0.670. The second-order valence-electron chi connectivity index (χ2n) is 5.69. The lowest BCUT2D eigenvalue weighted by Gasteiger charge is -2.35. The summed E-state index contributed by atoms with van der Waals surface area (Å²) in [6, 6.07) is 6.93. The number of hydrogen-bond donors (Lipinski definition) is 1. The molecule has 1 aliphatic heterocycles. The molecule has 0 radical (unpaired) electrons. The fourth-order valence-corrected chi connectivity index (χ4v) is 3.33. The summed E-state index contributed by atoms with van der Waals surface area (Å²) in [7, 11) is 2.07. The van der Waals surface area contributed by atoms with Crippen molar-refractivity contribution >= 4 is 17.4 Å². The largest absolute Gasteiger partial charge is 0.394 e. The molecule has 0 saturated carbocycles. The molecule has 0 amide bonds. The topological polar surface area (TPSA) is 23.5 Å². The Morgan fingerprint density at radius 2 is 2.12 bits per heavy atom. The van der Waals surface area contributed by atoms with E-state index >= 15 is 0 Å². The molecule has 1 N–H and O–H groups in total. The molecule has 1 aromatic rings. The Morgan fingerprint density at radius 3 is 2.71 bits per heavy atom. The standard InChI is InChI=1S/C14H21NOS/c1-14(2,3)10-5-6-12-13(7-10)17-9-11(8-16)15(12)4/h5-7,11,16H,8-9H2,1-4H3. The first-order chi connectivity index (χ1) is 7.93. The lowest BCUT2D eigenvalue weighted by Crippen LogP contribution is -2.39. The van der Waals surface area contributed by atoms with E-state index in [0.29, 0.717) is 0 Å². The van der Waals surface area contributed by atoms with E-state index in [1.54, 1.807) is 0 Å².